The molecule has 0 saturated heterocycles. The van der Waals surface area contributed by atoms with Crippen LogP contribution in [0.2, 0.25) is 0 Å². The molecule has 1 unspecified atom stereocenters. The van der Waals surface area contributed by atoms with Crippen LogP contribution in [0.5, 0.6) is 5.75 Å². The van der Waals surface area contributed by atoms with Crippen molar-refractivity contribution in [3.05, 3.63) is 24.3 Å². The molecule has 0 radical (unpaired) electrons. The van der Waals surface area contributed by atoms with E-state index in [2.05, 4.69) is 21.7 Å². The predicted molar refractivity (Wildman–Crippen MR) is 106 cm³/mol. The molecule has 0 heterocycles. The molecular formula is C19H30N2O6S. The average Bonchev–Trinajstić information content (AvgIpc) is 2.69. The number of benzene rings is 1. The second-order valence-corrected chi connectivity index (χ2v) is 8.05. The van der Waals surface area contributed by atoms with Crippen molar-refractivity contribution in [3.63, 3.8) is 0 Å². The lowest BCUT2D eigenvalue weighted by molar-refractivity contribution is -0.145. The summed E-state index contributed by atoms with van der Waals surface area (Å²) in [7, 11) is -2.62. The average molecular weight is 415 g/mol. The number of hydrogen-bond donors (Lipinski definition) is 2. The molecule has 0 spiro atoms. The Morgan fingerprint density at radius 3 is 2.29 bits per heavy atom. The van der Waals surface area contributed by atoms with Gasteiger partial charge in [0.2, 0.25) is 15.9 Å². The van der Waals surface area contributed by atoms with E-state index in [1.165, 1.54) is 19.2 Å². The number of unbranched alkanes of at least 4 members (excludes halogenated alkanes) is 2. The highest BCUT2D eigenvalue weighted by molar-refractivity contribution is 7.89. The first kappa shape index (κ1) is 23.9. The lowest BCUT2D eigenvalue weighted by Crippen LogP contribution is -2.45. The summed E-state index contributed by atoms with van der Waals surface area (Å²) in [6.07, 6.45) is 3.95. The fraction of sp³-hybridized carbons (Fsp3) is 0.579. The molecule has 1 aromatic rings. The van der Waals surface area contributed by atoms with E-state index in [1.54, 1.807) is 12.1 Å². The van der Waals surface area contributed by atoms with E-state index in [0.29, 0.717) is 18.8 Å². The summed E-state index contributed by atoms with van der Waals surface area (Å²) in [4.78, 5) is 23.8. The van der Waals surface area contributed by atoms with Gasteiger partial charge in [0.15, 0.2) is 0 Å². The van der Waals surface area contributed by atoms with Crippen molar-refractivity contribution < 1.29 is 27.5 Å². The quantitative estimate of drug-likeness (QED) is 0.377. The molecule has 158 valence electrons. The normalized spacial score (nSPS) is 12.2. The number of amides is 1. The molecular weight excluding hydrogens is 384 g/mol. The number of ether oxygens (including phenoxy) is 2. The van der Waals surface area contributed by atoms with Crippen LogP contribution in [0.15, 0.2) is 29.2 Å². The monoisotopic (exact) mass is 414 g/mol. The molecule has 1 atom stereocenters. The molecule has 1 amide bonds. The summed E-state index contributed by atoms with van der Waals surface area (Å²) in [6, 6.07) is 5.19. The Morgan fingerprint density at radius 1 is 1.07 bits per heavy atom. The molecule has 0 aromatic heterocycles. The van der Waals surface area contributed by atoms with Gasteiger partial charge >= 0.3 is 5.97 Å². The van der Waals surface area contributed by atoms with Gasteiger partial charge in [-0.2, -0.15) is 0 Å². The standard InChI is InChI=1S/C19H30N2O6S/c1-4-6-8-17(19(23)26-3)21-18(22)14-20-28(24,25)16-11-9-15(10-12-16)27-13-7-5-2/h9-12,17,20H,4-8,13-14H2,1-3H3,(H,21,22). The summed E-state index contributed by atoms with van der Waals surface area (Å²) in [6.45, 7) is 4.11. The van der Waals surface area contributed by atoms with Crippen LogP contribution >= 0.6 is 0 Å². The predicted octanol–water partition coefficient (Wildman–Crippen LogP) is 1.99. The minimum atomic E-state index is -3.86. The van der Waals surface area contributed by atoms with E-state index in [-0.39, 0.29) is 4.90 Å². The number of methoxy groups -OCH3 is 1. The van der Waals surface area contributed by atoms with Crippen molar-refractivity contribution >= 4 is 21.9 Å². The fourth-order valence-electron chi connectivity index (χ4n) is 2.34. The van der Waals surface area contributed by atoms with Crippen molar-refractivity contribution in [1.82, 2.24) is 10.0 Å². The van der Waals surface area contributed by atoms with Gasteiger partial charge in [-0.3, -0.25) is 4.79 Å². The number of rotatable bonds is 13. The first-order valence-corrected chi connectivity index (χ1v) is 10.9. The molecule has 0 bridgehead atoms. The molecule has 0 fully saturated rings. The molecule has 8 nitrogen and oxygen atoms in total. The number of carbonyl (C=O) groups excluding carboxylic acids is 2. The maximum absolute atomic E-state index is 12.3. The summed E-state index contributed by atoms with van der Waals surface area (Å²) in [5.74, 6) is -0.570. The van der Waals surface area contributed by atoms with Crippen molar-refractivity contribution in [3.8, 4) is 5.75 Å². The van der Waals surface area contributed by atoms with E-state index >= 15 is 0 Å². The van der Waals surface area contributed by atoms with Crippen molar-refractivity contribution in [2.24, 2.45) is 0 Å². The van der Waals surface area contributed by atoms with Crippen LogP contribution in [0.4, 0.5) is 0 Å². The molecule has 9 heteroatoms. The summed E-state index contributed by atoms with van der Waals surface area (Å²) in [5, 5.41) is 2.50. The highest BCUT2D eigenvalue weighted by atomic mass is 32.2. The summed E-state index contributed by atoms with van der Waals surface area (Å²) < 4.78 is 37.1. The van der Waals surface area contributed by atoms with E-state index in [9.17, 15) is 18.0 Å². The van der Waals surface area contributed by atoms with Gasteiger partial charge in [-0.15, -0.1) is 0 Å². The van der Waals surface area contributed by atoms with E-state index in [1.807, 2.05) is 6.92 Å². The number of hydrogen-bond acceptors (Lipinski definition) is 6. The van der Waals surface area contributed by atoms with Crippen LogP contribution in [0.25, 0.3) is 0 Å². The van der Waals surface area contributed by atoms with Gasteiger partial charge < -0.3 is 14.8 Å². The number of esters is 1. The molecule has 0 aliphatic rings. The topological polar surface area (TPSA) is 111 Å². The maximum atomic E-state index is 12.3. The number of carbonyl (C=O) groups is 2. The molecule has 28 heavy (non-hydrogen) atoms. The second-order valence-electron chi connectivity index (χ2n) is 6.28. The van der Waals surface area contributed by atoms with Crippen LogP contribution in [0.3, 0.4) is 0 Å². The molecule has 0 aliphatic carbocycles. The van der Waals surface area contributed by atoms with Crippen molar-refractivity contribution in [2.75, 3.05) is 20.3 Å². The number of nitrogens with one attached hydrogen (secondary N) is 2. The lowest BCUT2D eigenvalue weighted by Gasteiger charge is -2.16. The zero-order valence-corrected chi connectivity index (χ0v) is 17.5. The SMILES string of the molecule is CCCCOc1ccc(S(=O)(=O)NCC(=O)NC(CCCC)C(=O)OC)cc1. The summed E-state index contributed by atoms with van der Waals surface area (Å²) in [5.41, 5.74) is 0. The third kappa shape index (κ3) is 8.26. The van der Waals surface area contributed by atoms with E-state index < -0.39 is 34.5 Å². The van der Waals surface area contributed by atoms with Gasteiger partial charge in [-0.05, 0) is 37.1 Å². The van der Waals surface area contributed by atoms with Crippen molar-refractivity contribution in [2.45, 2.75) is 56.9 Å². The van der Waals surface area contributed by atoms with Gasteiger partial charge in [0.25, 0.3) is 0 Å². The van der Waals surface area contributed by atoms with Crippen molar-refractivity contribution in [1.29, 1.82) is 0 Å². The maximum Gasteiger partial charge on any atom is 0.328 e. The number of sulfonamides is 1. The van der Waals surface area contributed by atoms with Crippen LogP contribution in [0.1, 0.15) is 46.0 Å². The van der Waals surface area contributed by atoms with Gasteiger partial charge in [0, 0.05) is 0 Å². The smallest absolute Gasteiger partial charge is 0.328 e. The highest BCUT2D eigenvalue weighted by Crippen LogP contribution is 2.16. The highest BCUT2D eigenvalue weighted by Gasteiger charge is 2.22. The van der Waals surface area contributed by atoms with Gasteiger partial charge in [-0.1, -0.05) is 33.1 Å². The Hall–Kier alpha value is -2.13. The fourth-order valence-corrected chi connectivity index (χ4v) is 3.32. The Balaban J connectivity index is 2.61. The Kier molecular flexibility index (Phi) is 10.5. The summed E-state index contributed by atoms with van der Waals surface area (Å²) >= 11 is 0. The van der Waals surface area contributed by atoms with Crippen LogP contribution in [-0.4, -0.2) is 46.6 Å². The Morgan fingerprint density at radius 2 is 1.71 bits per heavy atom. The Labute approximate surface area is 167 Å². The van der Waals surface area contributed by atoms with Crippen LogP contribution in [0, 0.1) is 0 Å². The van der Waals surface area contributed by atoms with Gasteiger partial charge in [-0.25, -0.2) is 17.9 Å². The Bertz CT molecular complexity index is 718. The minimum absolute atomic E-state index is 0.0265. The minimum Gasteiger partial charge on any atom is -0.494 e. The largest absolute Gasteiger partial charge is 0.494 e. The second kappa shape index (κ2) is 12.4. The van der Waals surface area contributed by atoms with E-state index in [0.717, 1.165) is 25.7 Å². The van der Waals surface area contributed by atoms with Gasteiger partial charge in [0.1, 0.15) is 11.8 Å². The third-order valence-electron chi connectivity index (χ3n) is 3.99. The van der Waals surface area contributed by atoms with E-state index in [4.69, 9.17) is 4.74 Å². The van der Waals surface area contributed by atoms with Gasteiger partial charge in [0.05, 0.1) is 25.2 Å². The molecule has 1 aromatic carbocycles. The molecule has 1 rings (SSSR count). The lowest BCUT2D eigenvalue weighted by atomic mass is 10.1. The molecule has 0 aliphatic heterocycles. The van der Waals surface area contributed by atoms with Crippen LogP contribution in [-0.2, 0) is 24.3 Å². The third-order valence-corrected chi connectivity index (χ3v) is 5.41. The van der Waals surface area contributed by atoms with Crippen LogP contribution < -0.4 is 14.8 Å². The zero-order valence-electron chi connectivity index (χ0n) is 16.7. The first-order valence-electron chi connectivity index (χ1n) is 9.43. The molecule has 0 saturated carbocycles. The molecule has 2 N–H and O–H groups in total. The first-order chi connectivity index (χ1) is 13.3. The zero-order chi connectivity index (χ0) is 21.0.